The molecule has 144 valence electrons. The molecule has 2 heterocycles. The molecule has 0 radical (unpaired) electrons. The molecule has 29 heavy (non-hydrogen) atoms. The largest absolute Gasteiger partial charge is 0.496 e. The number of fused-ring (bicyclic) bond motifs is 1. The van der Waals surface area contributed by atoms with E-state index in [1.165, 1.54) is 0 Å². The molecule has 0 bridgehead atoms. The molecule has 2 aromatic carbocycles. The van der Waals surface area contributed by atoms with Crippen LogP contribution in [-0.2, 0) is 6.54 Å². The lowest BCUT2D eigenvalue weighted by atomic mass is 10.2. The van der Waals surface area contributed by atoms with E-state index in [9.17, 15) is 4.79 Å². The summed E-state index contributed by atoms with van der Waals surface area (Å²) in [6, 6.07) is 18.8. The molecule has 0 saturated carbocycles. The fourth-order valence-electron chi connectivity index (χ4n) is 2.99. The van der Waals surface area contributed by atoms with Gasteiger partial charge >= 0.3 is 0 Å². The molecule has 4 aromatic rings. The number of nitrogens with zero attached hydrogens (tertiary/aromatic N) is 3. The third-order valence-electron chi connectivity index (χ3n) is 4.40. The number of hydrogen-bond acceptors (Lipinski definition) is 6. The number of hydrogen-bond donors (Lipinski definition) is 2. The summed E-state index contributed by atoms with van der Waals surface area (Å²) in [6.45, 7) is 0.336. The lowest BCUT2D eigenvalue weighted by Gasteiger charge is -2.10. The average Bonchev–Trinajstić information content (AvgIpc) is 2.78. The molecule has 7 heteroatoms. The maximum absolute atomic E-state index is 12.6. The minimum atomic E-state index is -0.294. The molecule has 2 aromatic heterocycles. The Morgan fingerprint density at radius 3 is 2.72 bits per heavy atom. The molecule has 0 spiro atoms. The second-order valence-corrected chi connectivity index (χ2v) is 6.27. The summed E-state index contributed by atoms with van der Waals surface area (Å²) in [5, 5.41) is 7.01. The fraction of sp³-hybridized carbons (Fsp3) is 0.0909. The van der Waals surface area contributed by atoms with Gasteiger partial charge in [-0.05, 0) is 24.3 Å². The molecule has 0 unspecified atom stereocenters. The fourth-order valence-corrected chi connectivity index (χ4v) is 2.99. The van der Waals surface area contributed by atoms with Gasteiger partial charge in [-0.3, -0.25) is 9.78 Å². The monoisotopic (exact) mass is 385 g/mol. The minimum Gasteiger partial charge on any atom is -0.496 e. The van der Waals surface area contributed by atoms with Crippen LogP contribution in [-0.4, -0.2) is 28.0 Å². The molecule has 0 aliphatic heterocycles. The van der Waals surface area contributed by atoms with Crippen LogP contribution in [0.4, 0.5) is 11.6 Å². The standard InChI is InChI=1S/C22H19N5O2/c1-29-19-10-3-2-6-16(19)14-25-21(28)18-11-13-24-22(27-18)26-17-9-4-7-15-8-5-12-23-20(15)17/h2-13H,14H2,1H3,(H,25,28)(H,24,26,27). The van der Waals surface area contributed by atoms with Crippen LogP contribution in [0.5, 0.6) is 5.75 Å². The molecule has 7 nitrogen and oxygen atoms in total. The molecular formula is C22H19N5O2. The van der Waals surface area contributed by atoms with Crippen molar-refractivity contribution in [2.45, 2.75) is 6.54 Å². The Kier molecular flexibility index (Phi) is 5.29. The summed E-state index contributed by atoms with van der Waals surface area (Å²) in [4.78, 5) is 25.5. The van der Waals surface area contributed by atoms with E-state index in [1.54, 1.807) is 25.6 Å². The normalized spacial score (nSPS) is 10.5. The third kappa shape index (κ3) is 4.14. The van der Waals surface area contributed by atoms with Gasteiger partial charge in [0.2, 0.25) is 5.95 Å². The summed E-state index contributed by atoms with van der Waals surface area (Å²) in [5.74, 6) is 0.756. The first-order chi connectivity index (χ1) is 14.2. The molecule has 0 atom stereocenters. The van der Waals surface area contributed by atoms with Gasteiger partial charge in [0.1, 0.15) is 11.4 Å². The highest BCUT2D eigenvalue weighted by molar-refractivity contribution is 5.93. The van der Waals surface area contributed by atoms with Crippen LogP contribution in [0.3, 0.4) is 0 Å². The molecular weight excluding hydrogens is 366 g/mol. The molecule has 2 N–H and O–H groups in total. The van der Waals surface area contributed by atoms with Crippen LogP contribution >= 0.6 is 0 Å². The number of methoxy groups -OCH3 is 1. The first kappa shape index (κ1) is 18.4. The lowest BCUT2D eigenvalue weighted by Crippen LogP contribution is -2.24. The number of amides is 1. The zero-order valence-corrected chi connectivity index (χ0v) is 15.8. The number of carbonyl (C=O) groups is 1. The SMILES string of the molecule is COc1ccccc1CNC(=O)c1ccnc(Nc2cccc3cccnc23)n1. The molecule has 0 saturated heterocycles. The van der Waals surface area contributed by atoms with Crippen molar-refractivity contribution in [3.63, 3.8) is 0 Å². The third-order valence-corrected chi connectivity index (χ3v) is 4.40. The van der Waals surface area contributed by atoms with E-state index in [4.69, 9.17) is 4.74 Å². The number of aromatic nitrogens is 3. The Morgan fingerprint density at radius 1 is 0.966 bits per heavy atom. The highest BCUT2D eigenvalue weighted by atomic mass is 16.5. The van der Waals surface area contributed by atoms with Gasteiger partial charge in [-0.2, -0.15) is 0 Å². The van der Waals surface area contributed by atoms with Gasteiger partial charge in [0.05, 0.1) is 18.3 Å². The number of nitrogens with one attached hydrogen (secondary N) is 2. The Balaban J connectivity index is 1.50. The van der Waals surface area contributed by atoms with Gasteiger partial charge in [-0.25, -0.2) is 9.97 Å². The highest BCUT2D eigenvalue weighted by Gasteiger charge is 2.11. The zero-order chi connectivity index (χ0) is 20.1. The summed E-state index contributed by atoms with van der Waals surface area (Å²) >= 11 is 0. The van der Waals surface area contributed by atoms with Crippen molar-refractivity contribution < 1.29 is 9.53 Å². The number of benzene rings is 2. The van der Waals surface area contributed by atoms with Gasteiger partial charge in [0, 0.05) is 29.9 Å². The van der Waals surface area contributed by atoms with Gasteiger partial charge in [0.15, 0.2) is 0 Å². The van der Waals surface area contributed by atoms with Crippen molar-refractivity contribution in [2.75, 3.05) is 12.4 Å². The summed E-state index contributed by atoms with van der Waals surface area (Å²) in [7, 11) is 1.60. The van der Waals surface area contributed by atoms with Crippen molar-refractivity contribution >= 4 is 28.4 Å². The number of rotatable bonds is 6. The van der Waals surface area contributed by atoms with Crippen LogP contribution in [0.25, 0.3) is 10.9 Å². The van der Waals surface area contributed by atoms with Crippen molar-refractivity contribution in [3.8, 4) is 5.75 Å². The quantitative estimate of drug-likeness (QED) is 0.526. The second-order valence-electron chi connectivity index (χ2n) is 6.27. The maximum atomic E-state index is 12.6. The number of pyridine rings is 1. The van der Waals surface area contributed by atoms with E-state index in [-0.39, 0.29) is 11.6 Å². The number of anilines is 2. The maximum Gasteiger partial charge on any atom is 0.270 e. The smallest absolute Gasteiger partial charge is 0.270 e. The van der Waals surface area contributed by atoms with Crippen LogP contribution < -0.4 is 15.4 Å². The van der Waals surface area contributed by atoms with E-state index >= 15 is 0 Å². The minimum absolute atomic E-state index is 0.269. The first-order valence-electron chi connectivity index (χ1n) is 9.08. The van der Waals surface area contributed by atoms with E-state index in [0.29, 0.717) is 12.5 Å². The Labute approximate surface area is 167 Å². The van der Waals surface area contributed by atoms with Crippen molar-refractivity contribution in [1.29, 1.82) is 0 Å². The molecule has 0 aliphatic rings. The summed E-state index contributed by atoms with van der Waals surface area (Å²) in [5.41, 5.74) is 2.74. The van der Waals surface area contributed by atoms with Gasteiger partial charge in [-0.1, -0.05) is 36.4 Å². The predicted octanol–water partition coefficient (Wildman–Crippen LogP) is 3.71. The van der Waals surface area contributed by atoms with Crippen molar-refractivity contribution in [3.05, 3.63) is 84.3 Å². The Morgan fingerprint density at radius 2 is 1.83 bits per heavy atom. The molecule has 0 fully saturated rings. The molecule has 4 rings (SSSR count). The van der Waals surface area contributed by atoms with Crippen LogP contribution in [0.15, 0.2) is 73.1 Å². The average molecular weight is 385 g/mol. The summed E-state index contributed by atoms with van der Waals surface area (Å²) < 4.78 is 5.31. The van der Waals surface area contributed by atoms with Gasteiger partial charge in [-0.15, -0.1) is 0 Å². The van der Waals surface area contributed by atoms with E-state index in [1.807, 2.05) is 54.6 Å². The van der Waals surface area contributed by atoms with Gasteiger partial charge < -0.3 is 15.4 Å². The topological polar surface area (TPSA) is 89.0 Å². The predicted molar refractivity (Wildman–Crippen MR) is 111 cm³/mol. The van der Waals surface area contributed by atoms with E-state index in [2.05, 4.69) is 25.6 Å². The molecule has 0 aliphatic carbocycles. The van der Waals surface area contributed by atoms with Crippen LogP contribution in [0.2, 0.25) is 0 Å². The van der Waals surface area contributed by atoms with E-state index < -0.39 is 0 Å². The second kappa shape index (κ2) is 8.35. The Bertz CT molecular complexity index is 1160. The summed E-state index contributed by atoms with van der Waals surface area (Å²) in [6.07, 6.45) is 3.28. The number of carbonyl (C=O) groups excluding carboxylic acids is 1. The van der Waals surface area contributed by atoms with Crippen molar-refractivity contribution in [2.24, 2.45) is 0 Å². The zero-order valence-electron chi connectivity index (χ0n) is 15.8. The van der Waals surface area contributed by atoms with Crippen LogP contribution in [0, 0.1) is 0 Å². The van der Waals surface area contributed by atoms with Crippen LogP contribution in [0.1, 0.15) is 16.1 Å². The lowest BCUT2D eigenvalue weighted by molar-refractivity contribution is 0.0945. The van der Waals surface area contributed by atoms with E-state index in [0.717, 1.165) is 27.9 Å². The highest BCUT2D eigenvalue weighted by Crippen LogP contribution is 2.23. The van der Waals surface area contributed by atoms with Crippen molar-refractivity contribution in [1.82, 2.24) is 20.3 Å². The number of para-hydroxylation sites is 2. The molecule has 1 amide bonds. The first-order valence-corrected chi connectivity index (χ1v) is 9.08. The number of ether oxygens (including phenoxy) is 1. The Hall–Kier alpha value is -4.00. The van der Waals surface area contributed by atoms with Gasteiger partial charge in [0.25, 0.3) is 5.91 Å².